The normalized spacial score (nSPS) is 14.6. The maximum absolute atomic E-state index is 11.3. The Balaban J connectivity index is 3.65. The molecule has 86 valence electrons. The van der Waals surface area contributed by atoms with E-state index in [1.165, 1.54) is 11.8 Å². The molecule has 0 saturated carbocycles. The Hall–Kier alpha value is 0.220. The molecule has 0 aliphatic carbocycles. The molecule has 4 nitrogen and oxygen atoms in total. The van der Waals surface area contributed by atoms with E-state index in [0.29, 0.717) is 11.5 Å². The summed E-state index contributed by atoms with van der Waals surface area (Å²) in [6, 6.07) is 0. The van der Waals surface area contributed by atoms with Gasteiger partial charge in [0.25, 0.3) is 0 Å². The number of aliphatic hydroxyl groups is 2. The zero-order valence-electron chi connectivity index (χ0n) is 8.51. The van der Waals surface area contributed by atoms with Gasteiger partial charge >= 0.3 is 0 Å². The molecular weight excluding hydrogens is 224 g/mol. The predicted molar refractivity (Wildman–Crippen MR) is 59.3 cm³/mol. The van der Waals surface area contributed by atoms with Gasteiger partial charge in [-0.2, -0.15) is 11.8 Å². The largest absolute Gasteiger partial charge is 0.394 e. The molecular formula is C8H18O4S2. The van der Waals surface area contributed by atoms with E-state index in [2.05, 4.69) is 0 Å². The van der Waals surface area contributed by atoms with E-state index in [-0.39, 0.29) is 17.6 Å². The van der Waals surface area contributed by atoms with Crippen LogP contribution in [0.5, 0.6) is 0 Å². The molecule has 0 aromatic rings. The quantitative estimate of drug-likeness (QED) is 0.610. The summed E-state index contributed by atoms with van der Waals surface area (Å²) in [4.78, 5) is 0. The third-order valence-corrected chi connectivity index (χ3v) is 5.33. The zero-order valence-corrected chi connectivity index (χ0v) is 10.1. The van der Waals surface area contributed by atoms with Gasteiger partial charge in [-0.25, -0.2) is 8.42 Å². The van der Waals surface area contributed by atoms with Crippen LogP contribution in [0.1, 0.15) is 13.8 Å². The molecule has 0 amide bonds. The average molecular weight is 242 g/mol. The maximum Gasteiger partial charge on any atom is 0.153 e. The van der Waals surface area contributed by atoms with Crippen LogP contribution < -0.4 is 0 Å². The summed E-state index contributed by atoms with van der Waals surface area (Å²) in [5.74, 6) is 0.981. The van der Waals surface area contributed by atoms with Gasteiger partial charge in [-0.1, -0.05) is 0 Å². The first-order chi connectivity index (χ1) is 6.40. The molecule has 0 bridgehead atoms. The zero-order chi connectivity index (χ0) is 11.2. The molecule has 0 aromatic carbocycles. The van der Waals surface area contributed by atoms with Gasteiger partial charge in [0.1, 0.15) is 0 Å². The monoisotopic (exact) mass is 242 g/mol. The highest BCUT2D eigenvalue weighted by Crippen LogP contribution is 2.07. The molecule has 0 aliphatic heterocycles. The van der Waals surface area contributed by atoms with Crippen molar-refractivity contribution in [2.75, 3.05) is 23.9 Å². The number of aliphatic hydroxyl groups excluding tert-OH is 2. The van der Waals surface area contributed by atoms with Crippen molar-refractivity contribution in [3.8, 4) is 0 Å². The maximum atomic E-state index is 11.3. The van der Waals surface area contributed by atoms with Crippen LogP contribution in [0, 0.1) is 0 Å². The summed E-state index contributed by atoms with van der Waals surface area (Å²) in [7, 11) is -2.97. The van der Waals surface area contributed by atoms with E-state index in [4.69, 9.17) is 10.2 Å². The van der Waals surface area contributed by atoms with Crippen molar-refractivity contribution in [2.24, 2.45) is 0 Å². The van der Waals surface area contributed by atoms with E-state index in [1.54, 1.807) is 13.8 Å². The molecule has 2 N–H and O–H groups in total. The van der Waals surface area contributed by atoms with Crippen LogP contribution in [0.15, 0.2) is 0 Å². The van der Waals surface area contributed by atoms with Gasteiger partial charge < -0.3 is 10.2 Å². The van der Waals surface area contributed by atoms with Crippen LogP contribution in [0.3, 0.4) is 0 Å². The van der Waals surface area contributed by atoms with Gasteiger partial charge in [-0.15, -0.1) is 0 Å². The van der Waals surface area contributed by atoms with Crippen LogP contribution in [0.2, 0.25) is 0 Å². The lowest BCUT2D eigenvalue weighted by atomic mass is 10.4. The lowest BCUT2D eigenvalue weighted by Gasteiger charge is -2.08. The molecule has 6 heteroatoms. The highest BCUT2D eigenvalue weighted by atomic mass is 32.2. The standard InChI is InChI=1S/C8H18O4S2/c1-7(2)14(11,12)4-3-13-6-8(10)5-9/h7-10H,3-6H2,1-2H3. The molecule has 0 rings (SSSR count). The Kier molecular flexibility index (Phi) is 6.76. The van der Waals surface area contributed by atoms with Gasteiger partial charge in [0.05, 0.1) is 23.7 Å². The molecule has 14 heavy (non-hydrogen) atoms. The van der Waals surface area contributed by atoms with Crippen molar-refractivity contribution >= 4 is 21.6 Å². The number of hydrogen-bond acceptors (Lipinski definition) is 5. The number of hydrogen-bond donors (Lipinski definition) is 2. The number of sulfone groups is 1. The molecule has 1 unspecified atom stereocenters. The van der Waals surface area contributed by atoms with E-state index < -0.39 is 15.9 Å². The van der Waals surface area contributed by atoms with E-state index in [1.807, 2.05) is 0 Å². The van der Waals surface area contributed by atoms with E-state index in [9.17, 15) is 8.42 Å². The molecule has 0 spiro atoms. The van der Waals surface area contributed by atoms with Crippen LogP contribution in [-0.2, 0) is 9.84 Å². The number of thioether (sulfide) groups is 1. The van der Waals surface area contributed by atoms with Crippen LogP contribution >= 0.6 is 11.8 Å². The summed E-state index contributed by atoms with van der Waals surface area (Å²) in [6.45, 7) is 3.04. The van der Waals surface area contributed by atoms with Gasteiger partial charge in [0.15, 0.2) is 9.84 Å². The Morgan fingerprint density at radius 3 is 2.36 bits per heavy atom. The van der Waals surface area contributed by atoms with Crippen LogP contribution in [-0.4, -0.2) is 53.9 Å². The summed E-state index contributed by atoms with van der Waals surface area (Å²) in [6.07, 6.45) is -0.748. The topological polar surface area (TPSA) is 74.6 Å². The third kappa shape index (κ3) is 5.85. The number of rotatable bonds is 7. The summed E-state index contributed by atoms with van der Waals surface area (Å²) in [5, 5.41) is 17.1. The van der Waals surface area contributed by atoms with Crippen LogP contribution in [0.4, 0.5) is 0 Å². The average Bonchev–Trinajstić information content (AvgIpc) is 2.11. The fourth-order valence-electron chi connectivity index (χ4n) is 0.683. The molecule has 0 aliphatic rings. The van der Waals surface area contributed by atoms with Crippen molar-refractivity contribution in [2.45, 2.75) is 25.2 Å². The Morgan fingerprint density at radius 1 is 1.36 bits per heavy atom. The second-order valence-corrected chi connectivity index (χ2v) is 7.15. The first-order valence-corrected chi connectivity index (χ1v) is 7.35. The lowest BCUT2D eigenvalue weighted by molar-refractivity contribution is 0.113. The SMILES string of the molecule is CC(C)S(=O)(=O)CCSCC(O)CO. The predicted octanol–water partition coefficient (Wildman–Crippen LogP) is -0.104. The van der Waals surface area contributed by atoms with Crippen LogP contribution in [0.25, 0.3) is 0 Å². The Bertz CT molecular complexity index is 236. The highest BCUT2D eigenvalue weighted by Gasteiger charge is 2.15. The molecule has 1 atom stereocenters. The molecule has 0 radical (unpaired) electrons. The van der Waals surface area contributed by atoms with Gasteiger partial charge in [-0.3, -0.25) is 0 Å². The highest BCUT2D eigenvalue weighted by molar-refractivity contribution is 8.00. The van der Waals surface area contributed by atoms with Gasteiger partial charge in [-0.05, 0) is 13.8 Å². The third-order valence-electron chi connectivity index (χ3n) is 1.75. The Labute approximate surface area is 89.6 Å². The fraction of sp³-hybridized carbons (Fsp3) is 1.00. The van der Waals surface area contributed by atoms with Crippen molar-refractivity contribution in [3.05, 3.63) is 0 Å². The minimum atomic E-state index is -2.97. The first kappa shape index (κ1) is 14.2. The summed E-state index contributed by atoms with van der Waals surface area (Å²) in [5.41, 5.74) is 0. The minimum absolute atomic E-state index is 0.132. The minimum Gasteiger partial charge on any atom is -0.394 e. The van der Waals surface area contributed by atoms with Crippen molar-refractivity contribution in [1.82, 2.24) is 0 Å². The Morgan fingerprint density at radius 2 is 1.93 bits per heavy atom. The summed E-state index contributed by atoms with van der Waals surface area (Å²) >= 11 is 1.34. The van der Waals surface area contributed by atoms with Gasteiger partial charge in [0.2, 0.25) is 0 Å². The van der Waals surface area contributed by atoms with E-state index >= 15 is 0 Å². The second kappa shape index (κ2) is 6.66. The van der Waals surface area contributed by atoms with Crippen molar-refractivity contribution in [1.29, 1.82) is 0 Å². The molecule has 0 saturated heterocycles. The molecule has 0 heterocycles. The van der Waals surface area contributed by atoms with Crippen molar-refractivity contribution in [3.63, 3.8) is 0 Å². The smallest absolute Gasteiger partial charge is 0.153 e. The van der Waals surface area contributed by atoms with Crippen molar-refractivity contribution < 1.29 is 18.6 Å². The second-order valence-electron chi connectivity index (χ2n) is 3.33. The summed E-state index contributed by atoms with van der Waals surface area (Å²) < 4.78 is 22.6. The first-order valence-electron chi connectivity index (χ1n) is 4.48. The van der Waals surface area contributed by atoms with E-state index in [0.717, 1.165) is 0 Å². The van der Waals surface area contributed by atoms with Gasteiger partial charge in [0, 0.05) is 11.5 Å². The molecule has 0 fully saturated rings. The lowest BCUT2D eigenvalue weighted by Crippen LogP contribution is -2.20. The molecule has 0 aromatic heterocycles. The fourth-order valence-corrected chi connectivity index (χ4v) is 3.10.